The van der Waals surface area contributed by atoms with Gasteiger partial charge in [-0.3, -0.25) is 0 Å². The summed E-state index contributed by atoms with van der Waals surface area (Å²) in [6, 6.07) is 6.52. The van der Waals surface area contributed by atoms with Crippen LogP contribution in [-0.2, 0) is 0 Å². The second-order valence-corrected chi connectivity index (χ2v) is 6.50. The van der Waals surface area contributed by atoms with Gasteiger partial charge in [0.2, 0.25) is 0 Å². The molecule has 0 aliphatic carbocycles. The van der Waals surface area contributed by atoms with Gasteiger partial charge in [-0.15, -0.1) is 0 Å². The molecule has 1 aromatic carbocycles. The number of piperidine rings is 1. The summed E-state index contributed by atoms with van der Waals surface area (Å²) in [6.07, 6.45) is 3.24. The Morgan fingerprint density at radius 2 is 2.09 bits per heavy atom. The number of nitrogens with zero attached hydrogens (tertiary/aromatic N) is 1. The van der Waals surface area contributed by atoms with Crippen LogP contribution in [0.3, 0.4) is 0 Å². The standard InChI is InChI=1S/C18H28N2O2/c1-4-19-14-13-18(9-11-20(3)12-10-18)22-16-8-6-7-15(17(14)16)21-5-2/h6-8,14,19H,4-5,9-13H2,1-3H3. The minimum atomic E-state index is -0.0167. The molecule has 2 heterocycles. The average molecular weight is 304 g/mol. The Labute approximate surface area is 133 Å². The Morgan fingerprint density at radius 1 is 1.32 bits per heavy atom. The molecular weight excluding hydrogens is 276 g/mol. The zero-order valence-electron chi connectivity index (χ0n) is 14.0. The monoisotopic (exact) mass is 304 g/mol. The molecule has 1 saturated heterocycles. The summed E-state index contributed by atoms with van der Waals surface area (Å²) >= 11 is 0. The van der Waals surface area contributed by atoms with Crippen molar-refractivity contribution in [1.29, 1.82) is 0 Å². The van der Waals surface area contributed by atoms with Crippen LogP contribution in [0, 0.1) is 0 Å². The van der Waals surface area contributed by atoms with Crippen LogP contribution in [-0.4, -0.2) is 43.8 Å². The van der Waals surface area contributed by atoms with E-state index < -0.39 is 0 Å². The van der Waals surface area contributed by atoms with Crippen molar-refractivity contribution < 1.29 is 9.47 Å². The molecule has 0 amide bonds. The largest absolute Gasteiger partial charge is 0.493 e. The number of benzene rings is 1. The number of fused-ring (bicyclic) bond motifs is 1. The quantitative estimate of drug-likeness (QED) is 0.927. The topological polar surface area (TPSA) is 33.7 Å². The van der Waals surface area contributed by atoms with E-state index in [2.05, 4.69) is 36.3 Å². The first kappa shape index (κ1) is 15.6. The lowest BCUT2D eigenvalue weighted by Crippen LogP contribution is -2.51. The lowest BCUT2D eigenvalue weighted by atomic mass is 9.80. The number of rotatable bonds is 4. The fourth-order valence-electron chi connectivity index (χ4n) is 3.74. The molecule has 22 heavy (non-hydrogen) atoms. The van der Waals surface area contributed by atoms with Crippen molar-refractivity contribution in [2.75, 3.05) is 33.3 Å². The predicted molar refractivity (Wildman–Crippen MR) is 88.7 cm³/mol. The maximum atomic E-state index is 6.53. The average Bonchev–Trinajstić information content (AvgIpc) is 2.51. The fraction of sp³-hybridized carbons (Fsp3) is 0.667. The summed E-state index contributed by atoms with van der Waals surface area (Å²) in [7, 11) is 2.19. The lowest BCUT2D eigenvalue weighted by molar-refractivity contribution is -0.0207. The van der Waals surface area contributed by atoms with Gasteiger partial charge in [0.1, 0.15) is 17.1 Å². The van der Waals surface area contributed by atoms with E-state index in [1.165, 1.54) is 5.56 Å². The van der Waals surface area contributed by atoms with E-state index >= 15 is 0 Å². The van der Waals surface area contributed by atoms with Gasteiger partial charge >= 0.3 is 0 Å². The molecule has 3 rings (SSSR count). The fourth-order valence-corrected chi connectivity index (χ4v) is 3.74. The van der Waals surface area contributed by atoms with E-state index in [0.717, 1.165) is 50.4 Å². The number of hydrogen-bond donors (Lipinski definition) is 1. The molecular formula is C18H28N2O2. The van der Waals surface area contributed by atoms with E-state index in [0.29, 0.717) is 12.6 Å². The first-order valence-corrected chi connectivity index (χ1v) is 8.54. The van der Waals surface area contributed by atoms with E-state index in [4.69, 9.17) is 9.47 Å². The molecule has 0 bridgehead atoms. The molecule has 1 fully saturated rings. The van der Waals surface area contributed by atoms with Crippen molar-refractivity contribution in [3.63, 3.8) is 0 Å². The van der Waals surface area contributed by atoms with E-state index in [-0.39, 0.29) is 5.60 Å². The molecule has 122 valence electrons. The van der Waals surface area contributed by atoms with Crippen LogP contribution < -0.4 is 14.8 Å². The number of ether oxygens (including phenoxy) is 2. The van der Waals surface area contributed by atoms with Gasteiger partial charge < -0.3 is 19.7 Å². The van der Waals surface area contributed by atoms with Gasteiger partial charge in [-0.1, -0.05) is 13.0 Å². The van der Waals surface area contributed by atoms with Gasteiger partial charge in [-0.05, 0) is 45.5 Å². The Hall–Kier alpha value is -1.26. The van der Waals surface area contributed by atoms with Crippen molar-refractivity contribution in [2.24, 2.45) is 0 Å². The molecule has 2 aliphatic heterocycles. The second-order valence-electron chi connectivity index (χ2n) is 6.50. The third-order valence-electron chi connectivity index (χ3n) is 4.93. The number of nitrogens with one attached hydrogen (secondary N) is 1. The SMILES string of the molecule is CCNC1CC2(CCN(C)CC2)Oc2cccc(OCC)c21. The molecule has 2 aliphatic rings. The Kier molecular flexibility index (Phi) is 4.59. The maximum Gasteiger partial charge on any atom is 0.128 e. The van der Waals surface area contributed by atoms with Crippen molar-refractivity contribution in [2.45, 2.75) is 44.8 Å². The summed E-state index contributed by atoms with van der Waals surface area (Å²) < 4.78 is 12.4. The molecule has 4 nitrogen and oxygen atoms in total. The number of hydrogen-bond acceptors (Lipinski definition) is 4. The molecule has 0 radical (unpaired) electrons. The number of likely N-dealkylation sites (tertiary alicyclic amines) is 1. The highest BCUT2D eigenvalue weighted by Gasteiger charge is 2.43. The zero-order chi connectivity index (χ0) is 15.6. The maximum absolute atomic E-state index is 6.53. The Bertz CT molecular complexity index is 510. The van der Waals surface area contributed by atoms with E-state index in [1.807, 2.05) is 13.0 Å². The summed E-state index contributed by atoms with van der Waals surface area (Å²) in [5.41, 5.74) is 1.19. The van der Waals surface area contributed by atoms with Crippen LogP contribution in [0.2, 0.25) is 0 Å². The summed E-state index contributed by atoms with van der Waals surface area (Å²) in [4.78, 5) is 2.39. The van der Waals surface area contributed by atoms with Crippen molar-refractivity contribution in [3.05, 3.63) is 23.8 Å². The Balaban J connectivity index is 1.93. The third kappa shape index (κ3) is 2.95. The Morgan fingerprint density at radius 3 is 2.77 bits per heavy atom. The second kappa shape index (κ2) is 6.47. The molecule has 4 heteroatoms. The first-order valence-electron chi connectivity index (χ1n) is 8.54. The zero-order valence-corrected chi connectivity index (χ0v) is 14.0. The predicted octanol–water partition coefficient (Wildman–Crippen LogP) is 2.98. The van der Waals surface area contributed by atoms with Gasteiger partial charge in [0.25, 0.3) is 0 Å². The molecule has 1 N–H and O–H groups in total. The first-order chi connectivity index (χ1) is 10.7. The minimum absolute atomic E-state index is 0.0167. The van der Waals surface area contributed by atoms with Crippen molar-refractivity contribution in [1.82, 2.24) is 10.2 Å². The van der Waals surface area contributed by atoms with E-state index in [1.54, 1.807) is 0 Å². The van der Waals surface area contributed by atoms with Gasteiger partial charge in [-0.25, -0.2) is 0 Å². The minimum Gasteiger partial charge on any atom is -0.493 e. The van der Waals surface area contributed by atoms with E-state index in [9.17, 15) is 0 Å². The smallest absolute Gasteiger partial charge is 0.128 e. The molecule has 1 atom stereocenters. The molecule has 1 unspecified atom stereocenters. The molecule has 1 spiro atoms. The van der Waals surface area contributed by atoms with Gasteiger partial charge in [-0.2, -0.15) is 0 Å². The molecule has 0 saturated carbocycles. The van der Waals surface area contributed by atoms with Crippen LogP contribution in [0.25, 0.3) is 0 Å². The summed E-state index contributed by atoms with van der Waals surface area (Å²) in [6.45, 7) is 8.06. The van der Waals surface area contributed by atoms with Crippen LogP contribution in [0.1, 0.15) is 44.7 Å². The van der Waals surface area contributed by atoms with Gasteiger partial charge in [0.15, 0.2) is 0 Å². The van der Waals surface area contributed by atoms with Crippen LogP contribution in [0.5, 0.6) is 11.5 Å². The van der Waals surface area contributed by atoms with Crippen LogP contribution >= 0.6 is 0 Å². The summed E-state index contributed by atoms with van der Waals surface area (Å²) in [5, 5.41) is 3.65. The highest BCUT2D eigenvalue weighted by Crippen LogP contribution is 2.47. The normalized spacial score (nSPS) is 23.9. The highest BCUT2D eigenvalue weighted by molar-refractivity contribution is 5.49. The van der Waals surface area contributed by atoms with Crippen LogP contribution in [0.15, 0.2) is 18.2 Å². The van der Waals surface area contributed by atoms with Gasteiger partial charge in [0, 0.05) is 25.6 Å². The lowest BCUT2D eigenvalue weighted by Gasteiger charge is -2.46. The van der Waals surface area contributed by atoms with Crippen LogP contribution in [0.4, 0.5) is 0 Å². The molecule has 1 aromatic rings. The van der Waals surface area contributed by atoms with Crippen molar-refractivity contribution >= 4 is 0 Å². The highest BCUT2D eigenvalue weighted by atomic mass is 16.5. The van der Waals surface area contributed by atoms with Gasteiger partial charge in [0.05, 0.1) is 12.2 Å². The van der Waals surface area contributed by atoms with Crippen molar-refractivity contribution in [3.8, 4) is 11.5 Å². The molecule has 0 aromatic heterocycles. The third-order valence-corrected chi connectivity index (χ3v) is 4.93. The summed E-state index contributed by atoms with van der Waals surface area (Å²) in [5.74, 6) is 1.97.